The summed E-state index contributed by atoms with van der Waals surface area (Å²) in [5.41, 5.74) is 2.39. The summed E-state index contributed by atoms with van der Waals surface area (Å²) in [6.07, 6.45) is 0. The van der Waals surface area contributed by atoms with Gasteiger partial charge in [0.05, 0.1) is 16.1 Å². The van der Waals surface area contributed by atoms with Crippen LogP contribution in [-0.2, 0) is 4.79 Å². The van der Waals surface area contributed by atoms with Gasteiger partial charge in [0.2, 0.25) is 5.91 Å². The Labute approximate surface area is 153 Å². The van der Waals surface area contributed by atoms with Gasteiger partial charge in [-0.05, 0) is 42.8 Å². The molecule has 1 saturated heterocycles. The zero-order valence-electron chi connectivity index (χ0n) is 13.4. The number of nitrogens with zero attached hydrogens (tertiary/aromatic N) is 2. The van der Waals surface area contributed by atoms with Gasteiger partial charge in [0.25, 0.3) is 0 Å². The van der Waals surface area contributed by atoms with E-state index in [0.717, 1.165) is 26.6 Å². The highest BCUT2D eigenvalue weighted by molar-refractivity contribution is 7.22. The maximum Gasteiger partial charge on any atom is 0.231 e. The fourth-order valence-corrected chi connectivity index (χ4v) is 3.98. The first kappa shape index (κ1) is 16.3. The number of nitrogens with one attached hydrogen (secondary N) is 1. The number of halogens is 2. The van der Waals surface area contributed by atoms with Crippen LogP contribution in [0.2, 0.25) is 5.02 Å². The van der Waals surface area contributed by atoms with Crippen molar-refractivity contribution in [2.45, 2.75) is 6.92 Å². The van der Waals surface area contributed by atoms with Crippen molar-refractivity contribution in [3.05, 3.63) is 52.8 Å². The van der Waals surface area contributed by atoms with Gasteiger partial charge in [-0.1, -0.05) is 29.0 Å². The van der Waals surface area contributed by atoms with Crippen LogP contribution in [-0.4, -0.2) is 24.0 Å². The SMILES string of the molecule is Cc1c(Cl)cccc1NC(=O)C1CN(c2nc3ccc(F)cc3s2)C1. The number of amides is 1. The maximum absolute atomic E-state index is 13.3. The molecule has 1 fully saturated rings. The molecule has 0 aliphatic carbocycles. The van der Waals surface area contributed by atoms with E-state index in [1.165, 1.54) is 23.5 Å². The molecular formula is C18H15ClFN3OS. The lowest BCUT2D eigenvalue weighted by Gasteiger charge is -2.38. The Morgan fingerprint density at radius 2 is 2.16 bits per heavy atom. The summed E-state index contributed by atoms with van der Waals surface area (Å²) in [5, 5.41) is 4.40. The van der Waals surface area contributed by atoms with Gasteiger partial charge in [-0.2, -0.15) is 0 Å². The average Bonchev–Trinajstić information content (AvgIpc) is 2.92. The standard InChI is InChI=1S/C18H15ClFN3OS/c1-10-13(19)3-2-4-14(10)21-17(24)11-8-23(9-11)18-22-15-6-5-12(20)7-16(15)25-18/h2-7,11H,8-9H2,1H3,(H,21,24). The molecule has 0 unspecified atom stereocenters. The molecule has 0 radical (unpaired) electrons. The Hall–Kier alpha value is -2.18. The van der Waals surface area contributed by atoms with E-state index in [1.807, 2.05) is 24.0 Å². The van der Waals surface area contributed by atoms with Crippen molar-refractivity contribution >= 4 is 49.9 Å². The molecule has 1 N–H and O–H groups in total. The van der Waals surface area contributed by atoms with Gasteiger partial charge in [-0.3, -0.25) is 4.79 Å². The summed E-state index contributed by atoms with van der Waals surface area (Å²) in [7, 11) is 0. The van der Waals surface area contributed by atoms with Gasteiger partial charge >= 0.3 is 0 Å². The molecule has 0 spiro atoms. The van der Waals surface area contributed by atoms with Gasteiger partial charge in [-0.15, -0.1) is 0 Å². The second-order valence-corrected chi connectivity index (χ2v) is 7.53. The van der Waals surface area contributed by atoms with E-state index in [-0.39, 0.29) is 17.6 Å². The predicted octanol–water partition coefficient (Wildman–Crippen LogP) is 4.47. The van der Waals surface area contributed by atoms with Crippen molar-refractivity contribution in [2.24, 2.45) is 5.92 Å². The maximum atomic E-state index is 13.3. The number of carbonyl (C=O) groups excluding carboxylic acids is 1. The van der Waals surface area contributed by atoms with E-state index in [9.17, 15) is 9.18 Å². The lowest BCUT2D eigenvalue weighted by Crippen LogP contribution is -2.52. The van der Waals surface area contributed by atoms with Crippen LogP contribution in [0.25, 0.3) is 10.2 Å². The lowest BCUT2D eigenvalue weighted by molar-refractivity contribution is -0.120. The quantitative estimate of drug-likeness (QED) is 0.734. The molecule has 4 rings (SSSR count). The van der Waals surface area contributed by atoms with E-state index in [4.69, 9.17) is 11.6 Å². The predicted molar refractivity (Wildman–Crippen MR) is 100 cm³/mol. The van der Waals surface area contributed by atoms with Crippen LogP contribution in [0.1, 0.15) is 5.56 Å². The fourth-order valence-electron chi connectivity index (χ4n) is 2.80. The highest BCUT2D eigenvalue weighted by atomic mass is 35.5. The first-order valence-electron chi connectivity index (χ1n) is 7.88. The molecular weight excluding hydrogens is 361 g/mol. The van der Waals surface area contributed by atoms with Crippen LogP contribution in [0.4, 0.5) is 15.2 Å². The number of aromatic nitrogens is 1. The number of rotatable bonds is 3. The molecule has 1 aromatic heterocycles. The second-order valence-electron chi connectivity index (χ2n) is 6.11. The van der Waals surface area contributed by atoms with Crippen LogP contribution < -0.4 is 10.2 Å². The molecule has 2 heterocycles. The van der Waals surface area contributed by atoms with E-state index in [0.29, 0.717) is 18.1 Å². The minimum absolute atomic E-state index is 0.0197. The van der Waals surface area contributed by atoms with Crippen LogP contribution in [0, 0.1) is 18.7 Å². The van der Waals surface area contributed by atoms with Gasteiger partial charge in [0, 0.05) is 23.8 Å². The van der Waals surface area contributed by atoms with Crippen LogP contribution in [0.3, 0.4) is 0 Å². The van der Waals surface area contributed by atoms with Crippen molar-refractivity contribution < 1.29 is 9.18 Å². The minimum Gasteiger partial charge on any atom is -0.346 e. The summed E-state index contributed by atoms with van der Waals surface area (Å²) >= 11 is 7.53. The first-order chi connectivity index (χ1) is 12.0. The van der Waals surface area contributed by atoms with E-state index in [1.54, 1.807) is 12.1 Å². The van der Waals surface area contributed by atoms with Crippen molar-refractivity contribution in [1.29, 1.82) is 0 Å². The number of benzene rings is 2. The van der Waals surface area contributed by atoms with E-state index < -0.39 is 0 Å². The Balaban J connectivity index is 1.42. The largest absolute Gasteiger partial charge is 0.346 e. The number of thiazole rings is 1. The molecule has 2 aromatic carbocycles. The molecule has 0 saturated carbocycles. The monoisotopic (exact) mass is 375 g/mol. The first-order valence-corrected chi connectivity index (χ1v) is 9.08. The summed E-state index contributed by atoms with van der Waals surface area (Å²) < 4.78 is 14.1. The summed E-state index contributed by atoms with van der Waals surface area (Å²) in [6, 6.07) is 10.0. The highest BCUT2D eigenvalue weighted by Crippen LogP contribution is 2.34. The molecule has 1 aliphatic rings. The third kappa shape index (κ3) is 3.07. The summed E-state index contributed by atoms with van der Waals surface area (Å²) in [5.74, 6) is -0.378. The normalized spacial score (nSPS) is 14.6. The molecule has 1 aliphatic heterocycles. The molecule has 4 nitrogen and oxygen atoms in total. The minimum atomic E-state index is -0.263. The second kappa shape index (κ2) is 6.28. The van der Waals surface area contributed by atoms with Crippen molar-refractivity contribution in [2.75, 3.05) is 23.3 Å². The number of hydrogen-bond donors (Lipinski definition) is 1. The zero-order chi connectivity index (χ0) is 17.6. The third-order valence-electron chi connectivity index (χ3n) is 4.39. The number of fused-ring (bicyclic) bond motifs is 1. The van der Waals surface area contributed by atoms with Gasteiger partial charge in [0.1, 0.15) is 5.82 Å². The topological polar surface area (TPSA) is 45.2 Å². The van der Waals surface area contributed by atoms with Crippen molar-refractivity contribution in [1.82, 2.24) is 4.98 Å². The molecule has 3 aromatic rings. The molecule has 25 heavy (non-hydrogen) atoms. The summed E-state index contributed by atoms with van der Waals surface area (Å²) in [4.78, 5) is 19.0. The van der Waals surface area contributed by atoms with E-state index >= 15 is 0 Å². The van der Waals surface area contributed by atoms with Gasteiger partial charge in [-0.25, -0.2) is 9.37 Å². The molecule has 0 bridgehead atoms. The fraction of sp³-hybridized carbons (Fsp3) is 0.222. The smallest absolute Gasteiger partial charge is 0.231 e. The van der Waals surface area contributed by atoms with Crippen LogP contribution in [0.5, 0.6) is 0 Å². The van der Waals surface area contributed by atoms with Crippen molar-refractivity contribution in [3.8, 4) is 0 Å². The van der Waals surface area contributed by atoms with E-state index in [2.05, 4.69) is 10.3 Å². The van der Waals surface area contributed by atoms with Crippen molar-refractivity contribution in [3.63, 3.8) is 0 Å². The Morgan fingerprint density at radius 3 is 2.96 bits per heavy atom. The number of carbonyl (C=O) groups is 1. The number of hydrogen-bond acceptors (Lipinski definition) is 4. The Bertz CT molecular complexity index is 968. The Morgan fingerprint density at radius 1 is 1.36 bits per heavy atom. The third-order valence-corrected chi connectivity index (χ3v) is 5.88. The molecule has 128 valence electrons. The highest BCUT2D eigenvalue weighted by Gasteiger charge is 2.34. The van der Waals surface area contributed by atoms with Gasteiger partial charge in [0.15, 0.2) is 5.13 Å². The average molecular weight is 376 g/mol. The lowest BCUT2D eigenvalue weighted by atomic mass is 9.99. The zero-order valence-corrected chi connectivity index (χ0v) is 15.0. The molecule has 0 atom stereocenters. The Kier molecular flexibility index (Phi) is 4.09. The molecule has 7 heteroatoms. The summed E-state index contributed by atoms with van der Waals surface area (Å²) in [6.45, 7) is 3.09. The van der Waals surface area contributed by atoms with Crippen LogP contribution >= 0.6 is 22.9 Å². The van der Waals surface area contributed by atoms with Crippen LogP contribution in [0.15, 0.2) is 36.4 Å². The number of anilines is 2. The van der Waals surface area contributed by atoms with Gasteiger partial charge < -0.3 is 10.2 Å². The molecule has 1 amide bonds.